The molecule has 0 unspecified atom stereocenters. The van der Waals surface area contributed by atoms with Crippen LogP contribution in [-0.4, -0.2) is 42.5 Å². The van der Waals surface area contributed by atoms with E-state index in [9.17, 15) is 8.42 Å². The van der Waals surface area contributed by atoms with Crippen molar-refractivity contribution in [1.29, 1.82) is 0 Å². The van der Waals surface area contributed by atoms with Crippen LogP contribution in [0.15, 0.2) is 28.7 Å². The van der Waals surface area contributed by atoms with Crippen LogP contribution in [-0.2, 0) is 15.9 Å². The molecule has 1 N–H and O–H groups in total. The topological polar surface area (TPSA) is 54.4 Å². The molecule has 0 fully saturated rings. The summed E-state index contributed by atoms with van der Waals surface area (Å²) in [5, 5.41) is 0. The third-order valence-electron chi connectivity index (χ3n) is 1.26. The summed E-state index contributed by atoms with van der Waals surface area (Å²) in [5.41, 5.74) is 0.570. The van der Waals surface area contributed by atoms with Gasteiger partial charge < -0.3 is 0 Å². The molecule has 3 nitrogen and oxygen atoms in total. The van der Waals surface area contributed by atoms with Crippen LogP contribution >= 0.6 is 15.9 Å². The van der Waals surface area contributed by atoms with E-state index in [1.54, 1.807) is 24.3 Å². The minimum atomic E-state index is -3.91. The Hall–Kier alpha value is 0.610. The zero-order valence-electron chi connectivity index (χ0n) is 6.07. The Morgan fingerprint density at radius 1 is 1.23 bits per heavy atom. The van der Waals surface area contributed by atoms with Crippen molar-refractivity contribution in [2.75, 3.05) is 0 Å². The number of halogens is 1. The van der Waals surface area contributed by atoms with Gasteiger partial charge in [0.1, 0.15) is 5.75 Å². The van der Waals surface area contributed by atoms with Gasteiger partial charge in [-0.15, -0.1) is 0 Å². The van der Waals surface area contributed by atoms with Crippen LogP contribution in [0.3, 0.4) is 0 Å². The van der Waals surface area contributed by atoms with Crippen molar-refractivity contribution in [2.45, 2.75) is 5.75 Å². The number of benzene rings is 1. The van der Waals surface area contributed by atoms with Crippen molar-refractivity contribution in [3.05, 3.63) is 34.3 Å². The van der Waals surface area contributed by atoms with Crippen LogP contribution in [0.4, 0.5) is 0 Å². The van der Waals surface area contributed by atoms with E-state index in [1.165, 1.54) is 0 Å². The SMILES string of the molecule is O=S(=O)(O)Cc1ccc(Br)cc1.[NaH]. The van der Waals surface area contributed by atoms with Gasteiger partial charge in [0.25, 0.3) is 10.1 Å². The summed E-state index contributed by atoms with van der Waals surface area (Å²) in [4.78, 5) is 0. The maximum absolute atomic E-state index is 10.4. The number of rotatable bonds is 2. The summed E-state index contributed by atoms with van der Waals surface area (Å²) >= 11 is 3.21. The Morgan fingerprint density at radius 2 is 1.69 bits per heavy atom. The van der Waals surface area contributed by atoms with Crippen molar-refractivity contribution in [3.8, 4) is 0 Å². The molecular formula is C7H8BrNaO3S. The first-order valence-corrected chi connectivity index (χ1v) is 5.57. The molecule has 0 aliphatic carbocycles. The second kappa shape index (κ2) is 5.48. The van der Waals surface area contributed by atoms with E-state index in [0.717, 1.165) is 4.47 Å². The van der Waals surface area contributed by atoms with Crippen molar-refractivity contribution in [2.24, 2.45) is 0 Å². The monoisotopic (exact) mass is 274 g/mol. The van der Waals surface area contributed by atoms with Crippen molar-refractivity contribution >= 4 is 55.6 Å². The van der Waals surface area contributed by atoms with Crippen LogP contribution in [0.25, 0.3) is 0 Å². The standard InChI is InChI=1S/C7H7BrO3S.Na.H/c8-7-3-1-6(2-4-7)5-12(9,10)11;;/h1-4H,5H2,(H,9,10,11);;. The molecule has 0 atom stereocenters. The molecule has 0 saturated heterocycles. The molecule has 1 aromatic carbocycles. The predicted molar refractivity (Wildman–Crippen MR) is 56.5 cm³/mol. The summed E-state index contributed by atoms with van der Waals surface area (Å²) < 4.78 is 30.2. The van der Waals surface area contributed by atoms with Crippen molar-refractivity contribution < 1.29 is 13.0 Å². The average molecular weight is 275 g/mol. The molecule has 6 heteroatoms. The quantitative estimate of drug-likeness (QED) is 0.651. The Bertz CT molecular complexity index is 360. The molecule has 0 aromatic heterocycles. The molecule has 0 bridgehead atoms. The van der Waals surface area contributed by atoms with Crippen molar-refractivity contribution in [3.63, 3.8) is 0 Å². The maximum atomic E-state index is 10.4. The van der Waals surface area contributed by atoms with Crippen LogP contribution in [0.1, 0.15) is 5.56 Å². The molecule has 13 heavy (non-hydrogen) atoms. The van der Waals surface area contributed by atoms with E-state index in [0.29, 0.717) is 5.56 Å². The summed E-state index contributed by atoms with van der Waals surface area (Å²) in [6.45, 7) is 0. The molecule has 1 aromatic rings. The zero-order chi connectivity index (χ0) is 9.19. The van der Waals surface area contributed by atoms with Gasteiger partial charge in [-0.25, -0.2) is 0 Å². The second-order valence-electron chi connectivity index (χ2n) is 2.35. The average Bonchev–Trinajstić information content (AvgIpc) is 1.91. The normalized spacial score (nSPS) is 10.6. The van der Waals surface area contributed by atoms with Gasteiger partial charge in [0.2, 0.25) is 0 Å². The predicted octanol–water partition coefficient (Wildman–Crippen LogP) is 1.19. The molecule has 1 rings (SSSR count). The first-order chi connectivity index (χ1) is 5.47. The number of hydrogen-bond donors (Lipinski definition) is 1. The zero-order valence-corrected chi connectivity index (χ0v) is 8.47. The van der Waals surface area contributed by atoms with Gasteiger partial charge in [-0.2, -0.15) is 8.42 Å². The third-order valence-corrected chi connectivity index (χ3v) is 2.49. The number of hydrogen-bond acceptors (Lipinski definition) is 2. The summed E-state index contributed by atoms with van der Waals surface area (Å²) in [6, 6.07) is 6.72. The van der Waals surface area contributed by atoms with Gasteiger partial charge in [0, 0.05) is 4.47 Å². The van der Waals surface area contributed by atoms with E-state index < -0.39 is 10.1 Å². The summed E-state index contributed by atoms with van der Waals surface area (Å²) in [5.74, 6) is -0.333. The summed E-state index contributed by atoms with van der Waals surface area (Å²) in [6.07, 6.45) is 0. The first kappa shape index (κ1) is 13.6. The van der Waals surface area contributed by atoms with E-state index in [1.807, 2.05) is 0 Å². The Kier molecular flexibility index (Phi) is 5.74. The van der Waals surface area contributed by atoms with Crippen LogP contribution < -0.4 is 0 Å². The van der Waals surface area contributed by atoms with Crippen LogP contribution in [0.2, 0.25) is 0 Å². The molecule has 0 amide bonds. The van der Waals surface area contributed by atoms with E-state index >= 15 is 0 Å². The molecule has 0 heterocycles. The molecule has 0 spiro atoms. The van der Waals surface area contributed by atoms with E-state index in [2.05, 4.69) is 15.9 Å². The van der Waals surface area contributed by atoms with Gasteiger partial charge in [-0.05, 0) is 17.7 Å². The minimum absolute atomic E-state index is 0. The second-order valence-corrected chi connectivity index (χ2v) is 4.72. The molecule has 68 valence electrons. The molecule has 0 aliphatic rings. The van der Waals surface area contributed by atoms with Gasteiger partial charge in [0.15, 0.2) is 0 Å². The van der Waals surface area contributed by atoms with Gasteiger partial charge in [-0.1, -0.05) is 28.1 Å². The third kappa shape index (κ3) is 5.83. The Balaban J connectivity index is 0.00000144. The van der Waals surface area contributed by atoms with E-state index in [-0.39, 0.29) is 35.3 Å². The fourth-order valence-electron chi connectivity index (χ4n) is 0.791. The first-order valence-electron chi connectivity index (χ1n) is 3.17. The van der Waals surface area contributed by atoms with Crippen LogP contribution in [0.5, 0.6) is 0 Å². The molecular weight excluding hydrogens is 267 g/mol. The molecule has 0 aliphatic heterocycles. The van der Waals surface area contributed by atoms with Crippen molar-refractivity contribution in [1.82, 2.24) is 0 Å². The molecule has 0 radical (unpaired) electrons. The van der Waals surface area contributed by atoms with Gasteiger partial charge in [-0.3, -0.25) is 4.55 Å². The van der Waals surface area contributed by atoms with Gasteiger partial charge >= 0.3 is 29.6 Å². The van der Waals surface area contributed by atoms with Crippen LogP contribution in [0, 0.1) is 0 Å². The van der Waals surface area contributed by atoms with Gasteiger partial charge in [0.05, 0.1) is 0 Å². The van der Waals surface area contributed by atoms with E-state index in [4.69, 9.17) is 4.55 Å². The fraction of sp³-hybridized carbons (Fsp3) is 0.143. The Labute approximate surface area is 108 Å². The Morgan fingerprint density at radius 3 is 2.08 bits per heavy atom. The molecule has 0 saturated carbocycles. The fourth-order valence-corrected chi connectivity index (χ4v) is 1.67. The summed E-state index contributed by atoms with van der Waals surface area (Å²) in [7, 11) is -3.91.